The average molecular weight is 129 g/mol. The topological polar surface area (TPSA) is 46.3 Å². The molecule has 8 heavy (non-hydrogen) atoms. The van der Waals surface area contributed by atoms with Gasteiger partial charge in [-0.2, -0.15) is 0 Å². The molecule has 0 radical (unpaired) electrons. The van der Waals surface area contributed by atoms with Gasteiger partial charge in [-0.15, -0.1) is 0 Å². The second kappa shape index (κ2) is 2.56. The van der Waals surface area contributed by atoms with Crippen LogP contribution in [0, 0.1) is 0 Å². The van der Waals surface area contributed by atoms with E-state index in [1.54, 1.807) is 0 Å². The number of hydrogen-bond donors (Lipinski definition) is 0. The summed E-state index contributed by atoms with van der Waals surface area (Å²) in [6.45, 7) is 2.09. The molecule has 0 spiro atoms. The third kappa shape index (κ3) is 1.13. The Balaban J connectivity index is 2.03. The fourth-order valence-corrected chi connectivity index (χ4v) is 0.834. The maximum atomic E-state index is 5.06. The summed E-state index contributed by atoms with van der Waals surface area (Å²) in [6.07, 6.45) is 0. The highest BCUT2D eigenvalue weighted by Crippen LogP contribution is 1.97. The Labute approximate surface area is 49.6 Å². The van der Waals surface area contributed by atoms with E-state index in [2.05, 4.69) is 22.4 Å². The molecule has 0 saturated heterocycles. The highest BCUT2D eigenvalue weighted by molar-refractivity contribution is 6.30. The van der Waals surface area contributed by atoms with Crippen LogP contribution < -0.4 is 0 Å². The first kappa shape index (κ1) is 5.42. The molecule has 1 aliphatic heterocycles. The fourth-order valence-electron chi connectivity index (χ4n) is 0.332. The van der Waals surface area contributed by atoms with Crippen LogP contribution in [0.4, 0.5) is 0 Å². The molecule has 0 aromatic heterocycles. The third-order valence-corrected chi connectivity index (χ3v) is 1.57. The molecule has 0 N–H and O–H groups in total. The first-order chi connectivity index (χ1) is 3.93. The van der Waals surface area contributed by atoms with Crippen LogP contribution in [0.15, 0.2) is 15.4 Å². The molecule has 0 atom stereocenters. The van der Waals surface area contributed by atoms with Gasteiger partial charge in [0.05, 0.1) is 0 Å². The smallest absolute Gasteiger partial charge is 0.343 e. The predicted octanol–water partition coefficient (Wildman–Crippen LogP) is 0.262. The molecular formula is C3H7N3OSi. The highest BCUT2D eigenvalue weighted by atomic mass is 28.2. The zero-order valence-electron chi connectivity index (χ0n) is 4.66. The van der Waals surface area contributed by atoms with Crippen molar-refractivity contribution in [2.75, 3.05) is 0 Å². The first-order valence-electron chi connectivity index (χ1n) is 2.55. The van der Waals surface area contributed by atoms with Gasteiger partial charge in [0.2, 0.25) is 9.76 Å². The van der Waals surface area contributed by atoms with Gasteiger partial charge in [0.25, 0.3) is 0 Å². The van der Waals surface area contributed by atoms with Crippen molar-refractivity contribution in [2.45, 2.75) is 13.0 Å². The molecule has 0 fully saturated rings. The summed E-state index contributed by atoms with van der Waals surface area (Å²) in [7, 11) is -0.370. The summed E-state index contributed by atoms with van der Waals surface area (Å²) in [5.74, 6) is 0. The van der Waals surface area contributed by atoms with Crippen LogP contribution >= 0.6 is 0 Å². The van der Waals surface area contributed by atoms with E-state index in [0.29, 0.717) is 6.02 Å². The van der Waals surface area contributed by atoms with Crippen molar-refractivity contribution >= 4 is 15.8 Å². The molecule has 0 unspecified atom stereocenters. The first-order valence-corrected chi connectivity index (χ1v) is 4.12. The summed E-state index contributed by atoms with van der Waals surface area (Å²) in [5.41, 5.74) is 0. The summed E-state index contributed by atoms with van der Waals surface area (Å²) >= 11 is 0. The van der Waals surface area contributed by atoms with Gasteiger partial charge in [-0.3, -0.25) is 0 Å². The lowest BCUT2D eigenvalue weighted by Gasteiger charge is -2.02. The van der Waals surface area contributed by atoms with Gasteiger partial charge in [0, 0.05) is 0 Å². The minimum absolute atomic E-state index is 0.370. The van der Waals surface area contributed by atoms with Crippen molar-refractivity contribution in [1.82, 2.24) is 0 Å². The molecule has 1 aliphatic rings. The van der Waals surface area contributed by atoms with Crippen molar-refractivity contribution in [3.63, 3.8) is 0 Å². The maximum Gasteiger partial charge on any atom is 0.343 e. The molecule has 0 aromatic carbocycles. The van der Waals surface area contributed by atoms with E-state index in [1.807, 2.05) is 0 Å². The van der Waals surface area contributed by atoms with E-state index in [0.717, 1.165) is 6.04 Å². The lowest BCUT2D eigenvalue weighted by Crippen LogP contribution is -2.07. The van der Waals surface area contributed by atoms with E-state index in [1.165, 1.54) is 0 Å². The van der Waals surface area contributed by atoms with E-state index >= 15 is 0 Å². The Kier molecular flexibility index (Phi) is 1.73. The number of hydrogen-bond acceptors (Lipinski definition) is 4. The summed E-state index contributed by atoms with van der Waals surface area (Å²) < 4.78 is 5.06. The van der Waals surface area contributed by atoms with Crippen LogP contribution in [0.5, 0.6) is 0 Å². The minimum Gasteiger partial charge on any atom is -0.521 e. The normalized spacial score (nSPS) is 16.4. The van der Waals surface area contributed by atoms with Crippen molar-refractivity contribution in [3.8, 4) is 0 Å². The van der Waals surface area contributed by atoms with Gasteiger partial charge in [0.15, 0.2) is 0 Å². The fraction of sp³-hybridized carbons (Fsp3) is 0.667. The zero-order valence-corrected chi connectivity index (χ0v) is 6.08. The van der Waals surface area contributed by atoms with Crippen LogP contribution in [-0.4, -0.2) is 15.8 Å². The van der Waals surface area contributed by atoms with Crippen LogP contribution in [0.3, 0.4) is 0 Å². The Bertz CT molecular complexity index is 132. The molecule has 0 amide bonds. The Morgan fingerprint density at radius 2 is 2.50 bits per heavy atom. The number of rotatable bonds is 2. The Morgan fingerprint density at radius 3 is 2.88 bits per heavy atom. The zero-order chi connectivity index (χ0) is 5.82. The van der Waals surface area contributed by atoms with Crippen LogP contribution in [0.1, 0.15) is 6.92 Å². The molecular weight excluding hydrogens is 122 g/mol. The van der Waals surface area contributed by atoms with Gasteiger partial charge in [-0.25, -0.2) is 0 Å². The van der Waals surface area contributed by atoms with Gasteiger partial charge in [-0.1, -0.05) is 17.1 Å². The Hall–Kier alpha value is -0.713. The van der Waals surface area contributed by atoms with Crippen molar-refractivity contribution in [3.05, 3.63) is 0 Å². The van der Waals surface area contributed by atoms with Crippen LogP contribution in [0.25, 0.3) is 0 Å². The van der Waals surface area contributed by atoms with Crippen molar-refractivity contribution < 1.29 is 4.43 Å². The SMILES string of the molecule is CC[SiH2]OC1=NN=N1. The van der Waals surface area contributed by atoms with Crippen molar-refractivity contribution in [1.29, 1.82) is 0 Å². The highest BCUT2D eigenvalue weighted by Gasteiger charge is 2.02. The van der Waals surface area contributed by atoms with Crippen molar-refractivity contribution in [2.24, 2.45) is 15.4 Å². The predicted molar refractivity (Wildman–Crippen MR) is 32.4 cm³/mol. The van der Waals surface area contributed by atoms with E-state index in [9.17, 15) is 0 Å². The molecule has 0 saturated carbocycles. The number of nitrogens with zero attached hydrogens (tertiary/aromatic N) is 3. The monoisotopic (exact) mass is 129 g/mol. The van der Waals surface area contributed by atoms with Crippen LogP contribution in [-0.2, 0) is 4.43 Å². The van der Waals surface area contributed by atoms with Gasteiger partial charge in [-0.05, 0) is 11.3 Å². The third-order valence-electron chi connectivity index (χ3n) is 0.696. The van der Waals surface area contributed by atoms with E-state index < -0.39 is 0 Å². The van der Waals surface area contributed by atoms with Gasteiger partial charge < -0.3 is 4.43 Å². The average Bonchev–Trinajstić information content (AvgIpc) is 1.63. The Morgan fingerprint density at radius 1 is 1.75 bits per heavy atom. The van der Waals surface area contributed by atoms with E-state index in [-0.39, 0.29) is 9.76 Å². The molecule has 1 rings (SSSR count). The standard InChI is InChI=1S/C3H7N3OSi/c1-2-8-7-3-4-6-5-3/h2,8H2,1H3. The van der Waals surface area contributed by atoms with Crippen LogP contribution in [0.2, 0.25) is 6.04 Å². The quantitative estimate of drug-likeness (QED) is 0.493. The molecule has 44 valence electrons. The van der Waals surface area contributed by atoms with Gasteiger partial charge in [0.1, 0.15) is 0 Å². The molecule has 0 bridgehead atoms. The summed E-state index contributed by atoms with van der Waals surface area (Å²) in [4.78, 5) is 0. The second-order valence-corrected chi connectivity index (χ2v) is 3.12. The molecule has 1 heterocycles. The minimum atomic E-state index is -0.370. The molecule has 4 nitrogen and oxygen atoms in total. The second-order valence-electron chi connectivity index (χ2n) is 1.42. The van der Waals surface area contributed by atoms with Gasteiger partial charge >= 0.3 is 6.02 Å². The maximum absolute atomic E-state index is 5.06. The molecule has 0 aliphatic carbocycles. The van der Waals surface area contributed by atoms with E-state index in [4.69, 9.17) is 4.43 Å². The summed E-state index contributed by atoms with van der Waals surface area (Å²) in [6, 6.07) is 1.59. The lowest BCUT2D eigenvalue weighted by molar-refractivity contribution is 0.549. The largest absolute Gasteiger partial charge is 0.521 e. The molecule has 5 heteroatoms. The lowest BCUT2D eigenvalue weighted by atomic mass is 11.0. The molecule has 0 aromatic rings. The summed E-state index contributed by atoms with van der Waals surface area (Å²) in [5, 5.41) is 10.2. The number of amidine groups is 1.